The molecular weight excluding hydrogens is 339 g/mol. The highest BCUT2D eigenvalue weighted by molar-refractivity contribution is 7.80. The topological polar surface area (TPSA) is 59.7 Å². The van der Waals surface area contributed by atoms with Gasteiger partial charge in [-0.3, -0.25) is 9.36 Å². The minimum atomic E-state index is -0.244. The van der Waals surface area contributed by atoms with Gasteiger partial charge in [-0.1, -0.05) is 12.1 Å². The van der Waals surface area contributed by atoms with E-state index in [1.165, 1.54) is 12.1 Å². The van der Waals surface area contributed by atoms with Crippen molar-refractivity contribution in [1.29, 1.82) is 0 Å². The molecule has 3 aromatic rings. The Labute approximate surface area is 150 Å². The number of thiocarbonyl (C=S) groups is 1. The normalized spacial score (nSPS) is 10.7. The summed E-state index contributed by atoms with van der Waals surface area (Å²) in [7, 11) is 1.89. The average Bonchev–Trinajstić information content (AvgIpc) is 3.13. The highest BCUT2D eigenvalue weighted by Gasteiger charge is 2.05. The molecule has 130 valence electrons. The van der Waals surface area contributed by atoms with Gasteiger partial charge in [0, 0.05) is 31.5 Å². The van der Waals surface area contributed by atoms with Gasteiger partial charge >= 0.3 is 0 Å². The SMILES string of the molecule is Cc1nn(C)cc1CNC(=S)Nc1cnn(Cc2ccc(F)cc2)c1. The van der Waals surface area contributed by atoms with Gasteiger partial charge in [0.25, 0.3) is 0 Å². The van der Waals surface area contributed by atoms with Gasteiger partial charge in [0.05, 0.1) is 24.1 Å². The molecule has 1 aromatic carbocycles. The van der Waals surface area contributed by atoms with Gasteiger partial charge in [-0.05, 0) is 36.8 Å². The van der Waals surface area contributed by atoms with E-state index in [1.807, 2.05) is 26.4 Å². The van der Waals surface area contributed by atoms with Gasteiger partial charge in [0.15, 0.2) is 5.11 Å². The van der Waals surface area contributed by atoms with E-state index in [4.69, 9.17) is 12.2 Å². The monoisotopic (exact) mass is 358 g/mol. The average molecular weight is 358 g/mol. The van der Waals surface area contributed by atoms with Crippen molar-refractivity contribution in [3.8, 4) is 0 Å². The largest absolute Gasteiger partial charge is 0.358 e. The fourth-order valence-electron chi connectivity index (χ4n) is 2.46. The van der Waals surface area contributed by atoms with Gasteiger partial charge in [-0.2, -0.15) is 10.2 Å². The summed E-state index contributed by atoms with van der Waals surface area (Å²) in [4.78, 5) is 0. The van der Waals surface area contributed by atoms with Crippen LogP contribution in [0.25, 0.3) is 0 Å². The Kier molecular flexibility index (Phi) is 5.08. The Balaban J connectivity index is 1.53. The molecule has 0 aliphatic carbocycles. The quantitative estimate of drug-likeness (QED) is 0.687. The molecule has 0 atom stereocenters. The van der Waals surface area contributed by atoms with Crippen molar-refractivity contribution in [2.75, 3.05) is 5.32 Å². The van der Waals surface area contributed by atoms with E-state index in [1.54, 1.807) is 27.7 Å². The lowest BCUT2D eigenvalue weighted by Gasteiger charge is -2.08. The molecule has 2 aromatic heterocycles. The number of hydrogen-bond donors (Lipinski definition) is 2. The lowest BCUT2D eigenvalue weighted by atomic mass is 10.2. The lowest BCUT2D eigenvalue weighted by molar-refractivity contribution is 0.624. The van der Waals surface area contributed by atoms with Crippen LogP contribution in [0, 0.1) is 12.7 Å². The highest BCUT2D eigenvalue weighted by atomic mass is 32.1. The van der Waals surface area contributed by atoms with E-state index in [-0.39, 0.29) is 5.82 Å². The number of nitrogens with one attached hydrogen (secondary N) is 2. The predicted octanol–water partition coefficient (Wildman–Crippen LogP) is 2.60. The van der Waals surface area contributed by atoms with Crippen LogP contribution in [0.4, 0.5) is 10.1 Å². The van der Waals surface area contributed by atoms with E-state index >= 15 is 0 Å². The van der Waals surface area contributed by atoms with Crippen LogP contribution in [0.2, 0.25) is 0 Å². The Morgan fingerprint density at radius 1 is 1.24 bits per heavy atom. The summed E-state index contributed by atoms with van der Waals surface area (Å²) in [5.41, 5.74) is 3.84. The molecule has 0 bridgehead atoms. The predicted molar refractivity (Wildman–Crippen MR) is 98.7 cm³/mol. The summed E-state index contributed by atoms with van der Waals surface area (Å²) in [6.07, 6.45) is 5.52. The molecule has 0 amide bonds. The Hall–Kier alpha value is -2.74. The number of benzene rings is 1. The van der Waals surface area contributed by atoms with Crippen LogP contribution in [-0.2, 0) is 20.1 Å². The van der Waals surface area contributed by atoms with E-state index in [9.17, 15) is 4.39 Å². The molecule has 0 saturated carbocycles. The van der Waals surface area contributed by atoms with Gasteiger partial charge < -0.3 is 10.6 Å². The first-order valence-corrected chi connectivity index (χ1v) is 8.21. The second kappa shape index (κ2) is 7.43. The first-order chi connectivity index (χ1) is 12.0. The smallest absolute Gasteiger partial charge is 0.171 e. The molecule has 0 aliphatic rings. The van der Waals surface area contributed by atoms with Crippen LogP contribution in [0.1, 0.15) is 16.8 Å². The second-order valence-electron chi connectivity index (χ2n) is 5.77. The van der Waals surface area contributed by atoms with Gasteiger partial charge in [0.2, 0.25) is 0 Å². The third-order valence-corrected chi connectivity index (χ3v) is 3.95. The molecule has 0 unspecified atom stereocenters. The van der Waals surface area contributed by atoms with Crippen molar-refractivity contribution >= 4 is 23.0 Å². The minimum absolute atomic E-state index is 0.244. The van der Waals surface area contributed by atoms with Crippen LogP contribution in [-0.4, -0.2) is 24.7 Å². The fourth-order valence-corrected chi connectivity index (χ4v) is 2.65. The van der Waals surface area contributed by atoms with E-state index in [0.29, 0.717) is 18.2 Å². The van der Waals surface area contributed by atoms with Crippen molar-refractivity contribution in [3.05, 3.63) is 65.5 Å². The van der Waals surface area contributed by atoms with Crippen molar-refractivity contribution in [3.63, 3.8) is 0 Å². The van der Waals surface area contributed by atoms with Crippen molar-refractivity contribution in [2.24, 2.45) is 7.05 Å². The summed E-state index contributed by atoms with van der Waals surface area (Å²) in [6, 6.07) is 6.37. The highest BCUT2D eigenvalue weighted by Crippen LogP contribution is 2.09. The number of halogens is 1. The Morgan fingerprint density at radius 3 is 2.68 bits per heavy atom. The van der Waals surface area contributed by atoms with Crippen molar-refractivity contribution in [1.82, 2.24) is 24.9 Å². The van der Waals surface area contributed by atoms with Gasteiger partial charge in [-0.25, -0.2) is 4.39 Å². The standard InChI is InChI=1S/C17H19FN6S/c1-12-14(10-23(2)22-12)7-19-17(25)21-16-8-20-24(11-16)9-13-3-5-15(18)6-4-13/h3-6,8,10-11H,7,9H2,1-2H3,(H2,19,21,25). The molecule has 8 heteroatoms. The molecule has 2 N–H and O–H groups in total. The summed E-state index contributed by atoms with van der Waals surface area (Å²) in [5.74, 6) is -0.244. The van der Waals surface area contributed by atoms with Crippen LogP contribution in [0.5, 0.6) is 0 Å². The minimum Gasteiger partial charge on any atom is -0.358 e. The number of anilines is 1. The van der Waals surface area contributed by atoms with Gasteiger partial charge in [-0.15, -0.1) is 0 Å². The molecule has 3 rings (SSSR count). The summed E-state index contributed by atoms with van der Waals surface area (Å²) < 4.78 is 16.5. The zero-order valence-electron chi connectivity index (χ0n) is 14.0. The Morgan fingerprint density at radius 2 is 2.00 bits per heavy atom. The van der Waals surface area contributed by atoms with Crippen LogP contribution >= 0.6 is 12.2 Å². The second-order valence-corrected chi connectivity index (χ2v) is 6.18. The molecule has 0 spiro atoms. The summed E-state index contributed by atoms with van der Waals surface area (Å²) >= 11 is 5.31. The molecule has 0 saturated heterocycles. The maximum absolute atomic E-state index is 12.9. The molecule has 0 radical (unpaired) electrons. The van der Waals surface area contributed by atoms with E-state index < -0.39 is 0 Å². The Bertz CT molecular complexity index is 868. The van der Waals surface area contributed by atoms with E-state index in [2.05, 4.69) is 20.8 Å². The number of hydrogen-bond acceptors (Lipinski definition) is 3. The number of aromatic nitrogens is 4. The maximum Gasteiger partial charge on any atom is 0.171 e. The van der Waals surface area contributed by atoms with E-state index in [0.717, 1.165) is 22.5 Å². The molecule has 6 nitrogen and oxygen atoms in total. The van der Waals surface area contributed by atoms with Crippen LogP contribution in [0.3, 0.4) is 0 Å². The molecular formula is C17H19FN6S. The third-order valence-electron chi connectivity index (χ3n) is 3.70. The van der Waals surface area contributed by atoms with Crippen LogP contribution in [0.15, 0.2) is 42.9 Å². The first-order valence-electron chi connectivity index (χ1n) is 7.80. The maximum atomic E-state index is 12.9. The summed E-state index contributed by atoms with van der Waals surface area (Å²) in [6.45, 7) is 3.14. The number of rotatable bonds is 5. The molecule has 0 aliphatic heterocycles. The zero-order valence-corrected chi connectivity index (χ0v) is 14.8. The molecule has 2 heterocycles. The number of aryl methyl sites for hydroxylation is 2. The van der Waals surface area contributed by atoms with Crippen LogP contribution < -0.4 is 10.6 Å². The third kappa shape index (κ3) is 4.63. The van der Waals surface area contributed by atoms with Crippen molar-refractivity contribution in [2.45, 2.75) is 20.0 Å². The fraction of sp³-hybridized carbons (Fsp3) is 0.235. The molecule has 25 heavy (non-hydrogen) atoms. The summed E-state index contributed by atoms with van der Waals surface area (Å²) in [5, 5.41) is 15.4. The lowest BCUT2D eigenvalue weighted by Crippen LogP contribution is -2.27. The van der Waals surface area contributed by atoms with Gasteiger partial charge in [0.1, 0.15) is 5.82 Å². The first kappa shape index (κ1) is 17.1. The number of nitrogens with zero attached hydrogens (tertiary/aromatic N) is 4. The van der Waals surface area contributed by atoms with Crippen molar-refractivity contribution < 1.29 is 4.39 Å². The molecule has 0 fully saturated rings. The zero-order chi connectivity index (χ0) is 17.8.